The molecule has 0 saturated carbocycles. The van der Waals surface area contributed by atoms with Gasteiger partial charge >= 0.3 is 0 Å². The molecule has 0 aromatic carbocycles. The third-order valence-corrected chi connectivity index (χ3v) is 24.4. The number of carbonyl (C=O) groups excluding carboxylic acids is 1. The standard InChI is InChI=1S/C92H179NO18/c1-3-5-7-9-11-13-15-17-19-21-23-25-27-29-31-33-35-37-39-41-43-45-47-49-51-53-55-57-59-61-63-65-67-69-76(97)75(74-106-90-86(104)83(101)88(78(72-95)108-90)111-92-87(105)84(102)89(79(73-96)109-92)110-91-85(103)82(100)81(99)77(71-94)107-91)93-80(98)70-68-66-64-62-60-58-56-54-52-50-48-46-44-42-40-38-36-34-32-30-28-26-24-22-20-18-16-14-12-10-8-6-4-2/h75-79,81-92,94-97,99-105H,3-74H2,1-2H3,(H,93,98). The molecule has 19 nitrogen and oxygen atoms in total. The number of aliphatic hydroxyl groups is 11. The molecule has 12 N–H and O–H groups in total. The van der Waals surface area contributed by atoms with Crippen molar-refractivity contribution >= 4 is 5.91 Å². The van der Waals surface area contributed by atoms with Gasteiger partial charge in [0.1, 0.15) is 73.2 Å². The minimum Gasteiger partial charge on any atom is -0.394 e. The van der Waals surface area contributed by atoms with Crippen molar-refractivity contribution in [1.29, 1.82) is 0 Å². The normalized spacial score (nSPS) is 24.9. The molecule has 0 spiro atoms. The van der Waals surface area contributed by atoms with Crippen LogP contribution in [0.4, 0.5) is 0 Å². The predicted octanol–water partition coefficient (Wildman–Crippen LogP) is 18.9. The highest BCUT2D eigenvalue weighted by molar-refractivity contribution is 5.76. The van der Waals surface area contributed by atoms with Crippen LogP contribution in [0.3, 0.4) is 0 Å². The molecule has 660 valence electrons. The van der Waals surface area contributed by atoms with E-state index in [0.29, 0.717) is 12.8 Å². The summed E-state index contributed by atoms with van der Waals surface area (Å²) in [5, 5.41) is 121. The van der Waals surface area contributed by atoms with Crippen LogP contribution in [-0.2, 0) is 33.2 Å². The molecule has 17 atom stereocenters. The number of amides is 1. The van der Waals surface area contributed by atoms with Crippen molar-refractivity contribution in [3.63, 3.8) is 0 Å². The zero-order valence-electron chi connectivity index (χ0n) is 71.5. The van der Waals surface area contributed by atoms with Crippen molar-refractivity contribution in [2.45, 2.75) is 555 Å². The van der Waals surface area contributed by atoms with E-state index in [9.17, 15) is 61.0 Å². The second-order valence-corrected chi connectivity index (χ2v) is 34.6. The molecule has 111 heavy (non-hydrogen) atoms. The first-order valence-electron chi connectivity index (χ1n) is 47.8. The maximum absolute atomic E-state index is 13.6. The van der Waals surface area contributed by atoms with E-state index in [-0.39, 0.29) is 18.9 Å². The van der Waals surface area contributed by atoms with Gasteiger partial charge in [0.25, 0.3) is 0 Å². The lowest BCUT2D eigenvalue weighted by Crippen LogP contribution is -2.66. The van der Waals surface area contributed by atoms with Crippen LogP contribution in [0.25, 0.3) is 0 Å². The van der Waals surface area contributed by atoms with E-state index >= 15 is 0 Å². The van der Waals surface area contributed by atoms with Crippen LogP contribution in [0.2, 0.25) is 0 Å². The number of unbranched alkanes of at least 4 members (excludes halogenated alkanes) is 64. The Morgan fingerprint density at radius 3 is 0.784 bits per heavy atom. The smallest absolute Gasteiger partial charge is 0.220 e. The van der Waals surface area contributed by atoms with Crippen LogP contribution in [0, 0.1) is 0 Å². The van der Waals surface area contributed by atoms with Gasteiger partial charge in [-0.3, -0.25) is 4.79 Å². The van der Waals surface area contributed by atoms with Gasteiger partial charge in [-0.2, -0.15) is 0 Å². The van der Waals surface area contributed by atoms with E-state index in [1.54, 1.807) is 0 Å². The van der Waals surface area contributed by atoms with Crippen molar-refractivity contribution in [3.8, 4) is 0 Å². The minimum atomic E-state index is -1.97. The summed E-state index contributed by atoms with van der Waals surface area (Å²) in [5.41, 5.74) is 0. The number of rotatable bonds is 80. The fourth-order valence-electron chi connectivity index (χ4n) is 16.9. The van der Waals surface area contributed by atoms with E-state index in [1.165, 1.54) is 372 Å². The van der Waals surface area contributed by atoms with Gasteiger partial charge in [-0.15, -0.1) is 0 Å². The molecule has 3 heterocycles. The molecule has 3 aliphatic rings. The molecule has 0 aromatic heterocycles. The molecule has 3 rings (SSSR count). The Balaban J connectivity index is 1.30. The summed E-state index contributed by atoms with van der Waals surface area (Å²) >= 11 is 0. The molecule has 0 aliphatic carbocycles. The molecule has 0 radical (unpaired) electrons. The van der Waals surface area contributed by atoms with Gasteiger partial charge in [0, 0.05) is 6.42 Å². The summed E-state index contributed by atoms with van der Waals surface area (Å²) in [6.07, 6.45) is 62.4. The molecule has 3 saturated heterocycles. The van der Waals surface area contributed by atoms with Gasteiger partial charge in [-0.25, -0.2) is 0 Å². The SMILES string of the molecule is CCCCCCCCCCCCCCCCCCCCCCCCCCCCCCCCCCCC(=O)NC(COC1OC(CO)C(OC2OC(CO)C(OC3OC(CO)C(O)C(O)C3O)C(O)C2O)C(O)C1O)C(O)CCCCCCCCCCCCCCCCCCCCCCCCCCCCCCCCCCC. The van der Waals surface area contributed by atoms with Gasteiger partial charge in [0.05, 0.1) is 38.6 Å². The highest BCUT2D eigenvalue weighted by Crippen LogP contribution is 2.34. The van der Waals surface area contributed by atoms with Crippen LogP contribution in [-0.4, -0.2) is 193 Å². The predicted molar refractivity (Wildman–Crippen MR) is 448 cm³/mol. The van der Waals surface area contributed by atoms with Crippen molar-refractivity contribution in [2.24, 2.45) is 0 Å². The largest absolute Gasteiger partial charge is 0.394 e. The van der Waals surface area contributed by atoms with Crippen LogP contribution < -0.4 is 5.32 Å². The summed E-state index contributed by atoms with van der Waals surface area (Å²) < 4.78 is 34.6. The number of carbonyl (C=O) groups is 1. The first-order valence-corrected chi connectivity index (χ1v) is 47.8. The van der Waals surface area contributed by atoms with Crippen molar-refractivity contribution in [1.82, 2.24) is 5.32 Å². The Morgan fingerprint density at radius 2 is 0.514 bits per heavy atom. The number of nitrogens with one attached hydrogen (secondary N) is 1. The first kappa shape index (κ1) is 104. The molecular weight excluding hydrogens is 1410 g/mol. The lowest BCUT2D eigenvalue weighted by Gasteiger charge is -2.48. The Morgan fingerprint density at radius 1 is 0.288 bits per heavy atom. The maximum Gasteiger partial charge on any atom is 0.220 e. The van der Waals surface area contributed by atoms with E-state index in [1.807, 2.05) is 0 Å². The van der Waals surface area contributed by atoms with Crippen LogP contribution in [0.15, 0.2) is 0 Å². The average Bonchev–Trinajstić information content (AvgIpc) is 0.780. The van der Waals surface area contributed by atoms with E-state index in [0.717, 1.165) is 44.9 Å². The zero-order valence-corrected chi connectivity index (χ0v) is 71.5. The number of hydrogen-bond donors (Lipinski definition) is 12. The van der Waals surface area contributed by atoms with Crippen molar-refractivity contribution in [3.05, 3.63) is 0 Å². The molecule has 19 heteroatoms. The minimum absolute atomic E-state index is 0.230. The number of hydrogen-bond acceptors (Lipinski definition) is 18. The Kier molecular flexibility index (Phi) is 68.2. The molecular formula is C92H179NO18. The highest BCUT2D eigenvalue weighted by Gasteiger charge is 2.54. The fourth-order valence-corrected chi connectivity index (χ4v) is 16.9. The number of ether oxygens (including phenoxy) is 6. The third-order valence-electron chi connectivity index (χ3n) is 24.4. The van der Waals surface area contributed by atoms with Gasteiger partial charge in [0.2, 0.25) is 5.91 Å². The lowest BCUT2D eigenvalue weighted by molar-refractivity contribution is -0.379. The number of aliphatic hydroxyl groups excluding tert-OH is 11. The van der Waals surface area contributed by atoms with E-state index < -0.39 is 124 Å². The van der Waals surface area contributed by atoms with E-state index in [4.69, 9.17) is 28.4 Å². The second-order valence-electron chi connectivity index (χ2n) is 34.6. The summed E-state index contributed by atoms with van der Waals surface area (Å²) in [6.45, 7) is 1.90. The van der Waals surface area contributed by atoms with Crippen LogP contribution >= 0.6 is 0 Å². The quantitative estimate of drug-likeness (QED) is 0.0252. The highest BCUT2D eigenvalue weighted by atomic mass is 16.8. The monoisotopic (exact) mass is 1590 g/mol. The summed E-state index contributed by atoms with van der Waals surface area (Å²) in [7, 11) is 0. The molecule has 3 aliphatic heterocycles. The first-order chi connectivity index (χ1) is 54.3. The van der Waals surface area contributed by atoms with Crippen molar-refractivity contribution in [2.75, 3.05) is 26.4 Å². The van der Waals surface area contributed by atoms with Gasteiger partial charge in [-0.1, -0.05) is 431 Å². The van der Waals surface area contributed by atoms with Gasteiger partial charge < -0.3 is 89.9 Å². The van der Waals surface area contributed by atoms with Crippen molar-refractivity contribution < 1.29 is 89.4 Å². The fraction of sp³-hybridized carbons (Fsp3) is 0.989. The molecule has 0 aromatic rings. The average molecular weight is 1590 g/mol. The zero-order chi connectivity index (χ0) is 80.3. The Labute approximate surface area is 678 Å². The maximum atomic E-state index is 13.6. The molecule has 0 bridgehead atoms. The lowest BCUT2D eigenvalue weighted by atomic mass is 9.96. The van der Waals surface area contributed by atoms with Crippen LogP contribution in [0.1, 0.15) is 450 Å². The summed E-state index contributed by atoms with van der Waals surface area (Å²) in [5.74, 6) is -0.230. The summed E-state index contributed by atoms with van der Waals surface area (Å²) in [4.78, 5) is 13.6. The van der Waals surface area contributed by atoms with Gasteiger partial charge in [0.15, 0.2) is 18.9 Å². The second kappa shape index (κ2) is 72.8. The third kappa shape index (κ3) is 51.1. The van der Waals surface area contributed by atoms with Gasteiger partial charge in [-0.05, 0) is 12.8 Å². The molecule has 1 amide bonds. The topological polar surface area (TPSA) is 307 Å². The van der Waals surface area contributed by atoms with Crippen LogP contribution in [0.5, 0.6) is 0 Å². The molecule has 3 fully saturated rings. The molecule has 17 unspecified atom stereocenters. The van der Waals surface area contributed by atoms with E-state index in [2.05, 4.69) is 19.2 Å². The Hall–Kier alpha value is -1.21. The Bertz CT molecular complexity index is 2000. The summed E-state index contributed by atoms with van der Waals surface area (Å²) in [6, 6.07) is -0.885.